The van der Waals surface area contributed by atoms with Gasteiger partial charge >= 0.3 is 6.09 Å². The van der Waals surface area contributed by atoms with Gasteiger partial charge in [0.2, 0.25) is 0 Å². The fourth-order valence-electron chi connectivity index (χ4n) is 2.74. The first-order valence-electron chi connectivity index (χ1n) is 9.65. The highest BCUT2D eigenvalue weighted by atomic mass is 79.9. The molecule has 0 saturated carbocycles. The van der Waals surface area contributed by atoms with Crippen molar-refractivity contribution in [1.82, 2.24) is 4.98 Å². The number of nitrogens with one attached hydrogen (secondary N) is 1. The highest BCUT2D eigenvalue weighted by Crippen LogP contribution is 2.30. The smallest absolute Gasteiger partial charge is 0.412 e. The predicted molar refractivity (Wildman–Crippen MR) is 130 cm³/mol. The summed E-state index contributed by atoms with van der Waals surface area (Å²) in [4.78, 5) is 16.8. The average molecular weight is 505 g/mol. The lowest BCUT2D eigenvalue weighted by Gasteiger charge is -2.20. The van der Waals surface area contributed by atoms with E-state index in [4.69, 9.17) is 14.2 Å². The highest BCUT2D eigenvalue weighted by molar-refractivity contribution is 9.10. The lowest BCUT2D eigenvalue weighted by atomic mass is 10.2. The number of amides is 1. The van der Waals surface area contributed by atoms with Crippen molar-refractivity contribution in [3.63, 3.8) is 0 Å². The number of carbonyl (C=O) groups is 1. The van der Waals surface area contributed by atoms with E-state index in [0.717, 1.165) is 42.3 Å². The van der Waals surface area contributed by atoms with Gasteiger partial charge in [-0.1, -0.05) is 12.1 Å². The van der Waals surface area contributed by atoms with Gasteiger partial charge in [-0.15, -0.1) is 11.3 Å². The highest BCUT2D eigenvalue weighted by Gasteiger charge is 2.17. The molecule has 0 aliphatic carbocycles. The molecule has 3 rings (SSSR count). The van der Waals surface area contributed by atoms with Crippen molar-refractivity contribution in [2.45, 2.75) is 33.3 Å². The van der Waals surface area contributed by atoms with Crippen LogP contribution in [-0.4, -0.2) is 30.6 Å². The fourth-order valence-corrected chi connectivity index (χ4v) is 4.15. The molecule has 8 heteroatoms. The third-order valence-corrected chi connectivity index (χ3v) is 5.70. The quantitative estimate of drug-likeness (QED) is 0.371. The van der Waals surface area contributed by atoms with E-state index in [2.05, 4.69) is 26.2 Å². The van der Waals surface area contributed by atoms with Gasteiger partial charge in [0, 0.05) is 12.8 Å². The Morgan fingerprint density at radius 1 is 1.23 bits per heavy atom. The van der Waals surface area contributed by atoms with Crippen LogP contribution in [0.2, 0.25) is 0 Å². The van der Waals surface area contributed by atoms with Crippen molar-refractivity contribution >= 4 is 61.4 Å². The van der Waals surface area contributed by atoms with Crippen LogP contribution in [0.15, 0.2) is 34.8 Å². The normalized spacial score (nSPS) is 11.8. The number of methoxy groups -OCH3 is 1. The van der Waals surface area contributed by atoms with Gasteiger partial charge in [-0.2, -0.15) is 0 Å². The molecule has 0 aliphatic rings. The minimum Gasteiger partial charge on any atom is -0.466 e. The first kappa shape index (κ1) is 23.2. The first-order valence-corrected chi connectivity index (χ1v) is 11.3. The van der Waals surface area contributed by atoms with Gasteiger partial charge in [0.1, 0.15) is 16.4 Å². The van der Waals surface area contributed by atoms with Crippen LogP contribution in [0.1, 0.15) is 36.9 Å². The van der Waals surface area contributed by atoms with Gasteiger partial charge in [-0.05, 0) is 85.1 Å². The van der Waals surface area contributed by atoms with Gasteiger partial charge < -0.3 is 14.2 Å². The van der Waals surface area contributed by atoms with E-state index >= 15 is 0 Å². The van der Waals surface area contributed by atoms with Crippen molar-refractivity contribution in [2.75, 3.05) is 19.2 Å². The zero-order valence-electron chi connectivity index (χ0n) is 18.1. The molecular formula is C23H25BrN2O4S. The number of carbonyl (C=O) groups excluding carboxylic acids is 1. The first-order chi connectivity index (χ1) is 14.6. The van der Waals surface area contributed by atoms with Gasteiger partial charge in [0.15, 0.2) is 6.79 Å². The number of thiazole rings is 1. The second kappa shape index (κ2) is 9.80. The van der Waals surface area contributed by atoms with Crippen molar-refractivity contribution < 1.29 is 19.0 Å². The number of rotatable bonds is 6. The molecule has 164 valence electrons. The topological polar surface area (TPSA) is 69.7 Å². The minimum absolute atomic E-state index is 0.198. The fraction of sp³-hybridized carbons (Fsp3) is 0.304. The molecule has 0 unspecified atom stereocenters. The molecular weight excluding hydrogens is 480 g/mol. The molecule has 0 radical (unpaired) electrons. The molecule has 2 aromatic carbocycles. The van der Waals surface area contributed by atoms with Crippen LogP contribution in [-0.2, 0) is 9.47 Å². The van der Waals surface area contributed by atoms with Crippen molar-refractivity contribution in [2.24, 2.45) is 0 Å². The van der Waals surface area contributed by atoms with Gasteiger partial charge in [-0.25, -0.2) is 9.78 Å². The molecule has 0 bridgehead atoms. The number of hydrogen-bond acceptors (Lipinski definition) is 6. The third-order valence-electron chi connectivity index (χ3n) is 4.09. The van der Waals surface area contributed by atoms with Gasteiger partial charge in [0.05, 0.1) is 14.7 Å². The minimum atomic E-state index is -0.548. The Hall–Kier alpha value is -2.42. The summed E-state index contributed by atoms with van der Waals surface area (Å²) in [5.41, 5.74) is 3.00. The summed E-state index contributed by atoms with van der Waals surface area (Å²) in [5.74, 6) is 0.722. The van der Waals surface area contributed by atoms with E-state index in [1.807, 2.05) is 70.2 Å². The molecule has 0 saturated heterocycles. The Labute approximate surface area is 194 Å². The van der Waals surface area contributed by atoms with Crippen LogP contribution in [0.5, 0.6) is 5.75 Å². The van der Waals surface area contributed by atoms with Crippen LogP contribution in [0.25, 0.3) is 22.4 Å². The Morgan fingerprint density at radius 3 is 2.68 bits per heavy atom. The molecule has 1 aromatic heterocycles. The molecule has 0 atom stereocenters. The number of halogens is 1. The summed E-state index contributed by atoms with van der Waals surface area (Å²) >= 11 is 5.07. The summed E-state index contributed by atoms with van der Waals surface area (Å²) in [6.07, 6.45) is 3.50. The molecule has 0 fully saturated rings. The Morgan fingerprint density at radius 2 is 2.00 bits per heavy atom. The molecule has 1 amide bonds. The molecule has 1 N–H and O–H groups in total. The summed E-state index contributed by atoms with van der Waals surface area (Å²) < 4.78 is 17.6. The second-order valence-corrected chi connectivity index (χ2v) is 9.80. The average Bonchev–Trinajstić information content (AvgIpc) is 3.06. The van der Waals surface area contributed by atoms with Gasteiger partial charge in [0.25, 0.3) is 0 Å². The molecule has 0 aliphatic heterocycles. The molecule has 0 spiro atoms. The van der Waals surface area contributed by atoms with Crippen molar-refractivity contribution in [3.8, 4) is 5.75 Å². The van der Waals surface area contributed by atoms with Crippen LogP contribution in [0.3, 0.4) is 0 Å². The van der Waals surface area contributed by atoms with E-state index < -0.39 is 11.7 Å². The standard InChI is InChI=1S/C23H25BrN2O4S/c1-14-10-18-20(12-17(14)26-22(27)30-23(2,3)4)31-21(25-18)9-7-15-6-8-19(16(24)11-15)29-13-28-5/h6-12H,13H2,1-5H3,(H,26,27)/b9-7+. The number of fused-ring (bicyclic) bond motifs is 1. The SMILES string of the molecule is COCOc1ccc(/C=C/c2nc3cc(C)c(NC(=O)OC(C)(C)C)cc3s2)cc1Br. The largest absolute Gasteiger partial charge is 0.466 e. The number of benzene rings is 2. The molecule has 31 heavy (non-hydrogen) atoms. The van der Waals surface area contributed by atoms with E-state index in [-0.39, 0.29) is 6.79 Å². The zero-order chi connectivity index (χ0) is 22.6. The number of anilines is 1. The lowest BCUT2D eigenvalue weighted by molar-refractivity contribution is 0.0506. The predicted octanol–water partition coefficient (Wildman–Crippen LogP) is 6.87. The summed E-state index contributed by atoms with van der Waals surface area (Å²) in [6, 6.07) is 9.73. The summed E-state index contributed by atoms with van der Waals surface area (Å²) in [7, 11) is 1.58. The zero-order valence-corrected chi connectivity index (χ0v) is 20.5. The van der Waals surface area contributed by atoms with E-state index in [1.165, 1.54) is 0 Å². The third kappa shape index (κ3) is 6.53. The van der Waals surface area contributed by atoms with E-state index in [9.17, 15) is 4.79 Å². The number of nitrogens with zero attached hydrogens (tertiary/aromatic N) is 1. The van der Waals surface area contributed by atoms with Crippen molar-refractivity contribution in [1.29, 1.82) is 0 Å². The Kier molecular flexibility index (Phi) is 7.35. The number of aryl methyl sites for hydroxylation is 1. The van der Waals surface area contributed by atoms with Crippen molar-refractivity contribution in [3.05, 3.63) is 50.9 Å². The number of ether oxygens (including phenoxy) is 3. The van der Waals surface area contributed by atoms with Crippen LogP contribution in [0.4, 0.5) is 10.5 Å². The molecule has 1 heterocycles. The van der Waals surface area contributed by atoms with Gasteiger partial charge in [-0.3, -0.25) is 5.32 Å². The number of aromatic nitrogens is 1. The Balaban J connectivity index is 1.76. The lowest BCUT2D eigenvalue weighted by Crippen LogP contribution is -2.27. The monoisotopic (exact) mass is 504 g/mol. The molecule has 3 aromatic rings. The van der Waals surface area contributed by atoms with E-state index in [1.54, 1.807) is 18.4 Å². The Bertz CT molecular complexity index is 1120. The number of hydrogen-bond donors (Lipinski definition) is 1. The molecule has 6 nitrogen and oxygen atoms in total. The maximum Gasteiger partial charge on any atom is 0.412 e. The second-order valence-electron chi connectivity index (χ2n) is 7.89. The maximum absolute atomic E-state index is 12.1. The van der Waals surface area contributed by atoms with E-state index in [0.29, 0.717) is 0 Å². The summed E-state index contributed by atoms with van der Waals surface area (Å²) in [6.45, 7) is 7.64. The van der Waals surface area contributed by atoms with Crippen LogP contribution >= 0.6 is 27.3 Å². The summed E-state index contributed by atoms with van der Waals surface area (Å²) in [5, 5.41) is 3.70. The van der Waals surface area contributed by atoms with Crippen LogP contribution < -0.4 is 10.1 Å². The van der Waals surface area contributed by atoms with Crippen LogP contribution in [0, 0.1) is 6.92 Å². The maximum atomic E-state index is 12.1.